The van der Waals surface area contributed by atoms with Crippen LogP contribution in [0.5, 0.6) is 0 Å². The SMILES string of the molecule is O=C1C(=O)N([C@H](C(=O)c2ccccc2)[C@H]2CC(=O)N(c3ccccc3C(F)(F)F)C2=O)c2ccccc21. The maximum atomic E-state index is 13.7. The Morgan fingerprint density at radius 3 is 2.08 bits per heavy atom. The zero-order valence-corrected chi connectivity index (χ0v) is 18.9. The Morgan fingerprint density at radius 2 is 1.41 bits per heavy atom. The van der Waals surface area contributed by atoms with E-state index < -0.39 is 65.1 Å². The molecule has 2 atom stereocenters. The van der Waals surface area contributed by atoms with Crippen molar-refractivity contribution in [2.24, 2.45) is 5.92 Å². The van der Waals surface area contributed by atoms with Gasteiger partial charge in [-0.25, -0.2) is 4.90 Å². The predicted octanol–water partition coefficient (Wildman–Crippen LogP) is 4.07. The smallest absolute Gasteiger partial charge is 0.293 e. The lowest BCUT2D eigenvalue weighted by Crippen LogP contribution is -2.51. The van der Waals surface area contributed by atoms with Crippen molar-refractivity contribution in [2.45, 2.75) is 18.6 Å². The van der Waals surface area contributed by atoms with E-state index in [0.717, 1.165) is 23.1 Å². The first-order chi connectivity index (χ1) is 17.6. The summed E-state index contributed by atoms with van der Waals surface area (Å²) in [5.41, 5.74) is -1.65. The highest BCUT2D eigenvalue weighted by Crippen LogP contribution is 2.42. The van der Waals surface area contributed by atoms with E-state index in [9.17, 15) is 37.1 Å². The Labute approximate surface area is 208 Å². The monoisotopic (exact) mass is 506 g/mol. The molecule has 3 aromatic rings. The summed E-state index contributed by atoms with van der Waals surface area (Å²) in [6, 6.07) is 16.0. The molecule has 0 unspecified atom stereocenters. The molecule has 2 heterocycles. The number of amides is 3. The summed E-state index contributed by atoms with van der Waals surface area (Å²) in [5.74, 6) is -6.23. The molecule has 1 fully saturated rings. The van der Waals surface area contributed by atoms with Crippen LogP contribution in [0.1, 0.15) is 32.7 Å². The maximum Gasteiger partial charge on any atom is 0.418 e. The van der Waals surface area contributed by atoms with Crippen molar-refractivity contribution >= 4 is 40.7 Å². The van der Waals surface area contributed by atoms with E-state index in [1.807, 2.05) is 0 Å². The number of ketones is 2. The number of alkyl halides is 3. The van der Waals surface area contributed by atoms with Gasteiger partial charge >= 0.3 is 6.18 Å². The molecule has 0 saturated carbocycles. The third-order valence-corrected chi connectivity index (χ3v) is 6.44. The molecule has 10 heteroatoms. The van der Waals surface area contributed by atoms with Crippen molar-refractivity contribution < 1.29 is 37.1 Å². The molecule has 0 aromatic heterocycles. The fourth-order valence-corrected chi connectivity index (χ4v) is 4.80. The molecule has 7 nitrogen and oxygen atoms in total. The molecule has 0 radical (unpaired) electrons. The number of Topliss-reactive ketones (excluding diaryl/α,β-unsaturated/α-hetero) is 2. The number of fused-ring (bicyclic) bond motifs is 1. The number of carbonyl (C=O) groups excluding carboxylic acids is 5. The number of nitrogens with zero attached hydrogens (tertiary/aromatic N) is 2. The molecular formula is C27H17F3N2O5. The number of anilines is 2. The molecule has 0 N–H and O–H groups in total. The zero-order valence-electron chi connectivity index (χ0n) is 18.9. The van der Waals surface area contributed by atoms with Crippen molar-refractivity contribution in [3.05, 3.63) is 95.6 Å². The van der Waals surface area contributed by atoms with Crippen molar-refractivity contribution in [1.29, 1.82) is 0 Å². The van der Waals surface area contributed by atoms with Gasteiger partial charge in [0.2, 0.25) is 11.8 Å². The number of hydrogen-bond acceptors (Lipinski definition) is 5. The van der Waals surface area contributed by atoms with Crippen LogP contribution in [0.25, 0.3) is 0 Å². The van der Waals surface area contributed by atoms with Crippen LogP contribution in [0.2, 0.25) is 0 Å². The Balaban J connectivity index is 1.63. The molecule has 0 spiro atoms. The number of rotatable bonds is 5. The Bertz CT molecular complexity index is 1470. The second kappa shape index (κ2) is 8.81. The van der Waals surface area contributed by atoms with Crippen LogP contribution >= 0.6 is 0 Å². The number of hydrogen-bond donors (Lipinski definition) is 0. The van der Waals surface area contributed by atoms with Gasteiger partial charge in [0, 0.05) is 12.0 Å². The van der Waals surface area contributed by atoms with E-state index in [-0.39, 0.29) is 16.8 Å². The molecule has 0 bridgehead atoms. The van der Waals surface area contributed by atoms with Gasteiger partial charge in [0.15, 0.2) is 5.78 Å². The third-order valence-electron chi connectivity index (χ3n) is 6.44. The molecule has 0 aliphatic carbocycles. The highest BCUT2D eigenvalue weighted by atomic mass is 19.4. The lowest BCUT2D eigenvalue weighted by Gasteiger charge is -2.30. The number of halogens is 3. The van der Waals surface area contributed by atoms with Gasteiger partial charge in [-0.1, -0.05) is 54.6 Å². The number of imide groups is 1. The summed E-state index contributed by atoms with van der Waals surface area (Å²) < 4.78 is 41.0. The van der Waals surface area contributed by atoms with Crippen molar-refractivity contribution in [1.82, 2.24) is 0 Å². The lowest BCUT2D eigenvalue weighted by molar-refractivity contribution is -0.137. The van der Waals surface area contributed by atoms with E-state index in [4.69, 9.17) is 0 Å². The Hall–Kier alpha value is -4.60. The summed E-state index contributed by atoms with van der Waals surface area (Å²) in [4.78, 5) is 67.4. The van der Waals surface area contributed by atoms with Gasteiger partial charge in [-0.3, -0.25) is 28.9 Å². The second-order valence-electron chi connectivity index (χ2n) is 8.59. The molecule has 1 saturated heterocycles. The molecule has 2 aliphatic heterocycles. The predicted molar refractivity (Wildman–Crippen MR) is 125 cm³/mol. The van der Waals surface area contributed by atoms with Crippen LogP contribution in [0.3, 0.4) is 0 Å². The molecule has 186 valence electrons. The van der Waals surface area contributed by atoms with E-state index >= 15 is 0 Å². The minimum atomic E-state index is -4.86. The number of benzene rings is 3. The van der Waals surface area contributed by atoms with Crippen molar-refractivity contribution in [3.8, 4) is 0 Å². The molecule has 2 aliphatic rings. The largest absolute Gasteiger partial charge is 0.418 e. The Morgan fingerprint density at radius 1 is 0.811 bits per heavy atom. The summed E-state index contributed by atoms with van der Waals surface area (Å²) in [5, 5.41) is 0. The molecule has 5 rings (SSSR count). The standard InChI is InChI=1S/C27H17F3N2O5/c28-27(29,30)18-11-5-7-13-20(18)31-21(33)14-17(25(31)36)22(23(34)15-8-2-1-3-9-15)32-19-12-6-4-10-16(19)24(35)26(32)37/h1-13,17,22H,14H2/t17-,22+/m1/s1. The van der Waals surface area contributed by atoms with Crippen LogP contribution < -0.4 is 9.80 Å². The number of para-hydroxylation sites is 2. The normalized spacial score (nSPS) is 18.4. The first kappa shape index (κ1) is 24.1. The van der Waals surface area contributed by atoms with Gasteiger partial charge in [-0.05, 0) is 24.3 Å². The summed E-state index contributed by atoms with van der Waals surface area (Å²) in [6.45, 7) is 0. The van der Waals surface area contributed by atoms with Crippen LogP contribution in [0, 0.1) is 5.92 Å². The van der Waals surface area contributed by atoms with Crippen LogP contribution in [-0.2, 0) is 20.6 Å². The average Bonchev–Trinajstić information content (AvgIpc) is 3.32. The fraction of sp³-hybridized carbons (Fsp3) is 0.148. The van der Waals surface area contributed by atoms with Crippen LogP contribution in [-0.4, -0.2) is 35.3 Å². The molecule has 3 aromatic carbocycles. The molecule has 37 heavy (non-hydrogen) atoms. The van der Waals surface area contributed by atoms with Crippen LogP contribution in [0.4, 0.5) is 24.5 Å². The van der Waals surface area contributed by atoms with Gasteiger partial charge in [0.05, 0.1) is 28.4 Å². The maximum absolute atomic E-state index is 13.7. The molecular weight excluding hydrogens is 489 g/mol. The first-order valence-electron chi connectivity index (χ1n) is 11.2. The van der Waals surface area contributed by atoms with Crippen molar-refractivity contribution in [2.75, 3.05) is 9.80 Å². The summed E-state index contributed by atoms with van der Waals surface area (Å²) >= 11 is 0. The van der Waals surface area contributed by atoms with Gasteiger partial charge in [-0.2, -0.15) is 13.2 Å². The molecule has 3 amide bonds. The van der Waals surface area contributed by atoms with Gasteiger partial charge in [0.1, 0.15) is 6.04 Å². The average molecular weight is 506 g/mol. The van der Waals surface area contributed by atoms with Gasteiger partial charge in [-0.15, -0.1) is 0 Å². The number of carbonyl (C=O) groups is 5. The minimum Gasteiger partial charge on any atom is -0.293 e. The topological polar surface area (TPSA) is 91.8 Å². The summed E-state index contributed by atoms with van der Waals surface area (Å²) in [7, 11) is 0. The van der Waals surface area contributed by atoms with E-state index in [1.54, 1.807) is 18.2 Å². The fourth-order valence-electron chi connectivity index (χ4n) is 4.80. The summed E-state index contributed by atoms with van der Waals surface area (Å²) in [6.07, 6.45) is -5.49. The second-order valence-corrected chi connectivity index (χ2v) is 8.59. The quantitative estimate of drug-likeness (QED) is 0.296. The zero-order chi connectivity index (χ0) is 26.5. The Kier molecular flexibility index (Phi) is 5.74. The minimum absolute atomic E-state index is 0.0226. The van der Waals surface area contributed by atoms with E-state index in [0.29, 0.717) is 4.90 Å². The lowest BCUT2D eigenvalue weighted by atomic mass is 9.89. The van der Waals surface area contributed by atoms with E-state index in [2.05, 4.69) is 0 Å². The highest BCUT2D eigenvalue weighted by molar-refractivity contribution is 6.53. The highest BCUT2D eigenvalue weighted by Gasteiger charge is 2.53. The van der Waals surface area contributed by atoms with E-state index in [1.165, 1.54) is 42.5 Å². The van der Waals surface area contributed by atoms with Gasteiger partial charge in [0.25, 0.3) is 11.7 Å². The third kappa shape index (κ3) is 3.90. The van der Waals surface area contributed by atoms with Gasteiger partial charge < -0.3 is 0 Å². The van der Waals surface area contributed by atoms with Crippen molar-refractivity contribution in [3.63, 3.8) is 0 Å². The van der Waals surface area contributed by atoms with Crippen LogP contribution in [0.15, 0.2) is 78.9 Å². The first-order valence-corrected chi connectivity index (χ1v) is 11.2.